The molecule has 0 spiro atoms. The second kappa shape index (κ2) is 6.52. The number of rotatable bonds is 7. The highest BCUT2D eigenvalue weighted by molar-refractivity contribution is 7.90. The van der Waals surface area contributed by atoms with Gasteiger partial charge in [-0.2, -0.15) is 0 Å². The zero-order chi connectivity index (χ0) is 13.6. The number of nitrogens with one attached hydrogen (secondary N) is 1. The van der Waals surface area contributed by atoms with Gasteiger partial charge in [0.2, 0.25) is 5.91 Å². The quantitative estimate of drug-likeness (QED) is 0.393. The van der Waals surface area contributed by atoms with E-state index in [0.717, 1.165) is 6.26 Å². The number of hydrogen-bond donors (Lipinski definition) is 4. The van der Waals surface area contributed by atoms with Gasteiger partial charge in [0, 0.05) is 6.26 Å². The van der Waals surface area contributed by atoms with Crippen LogP contribution in [0.4, 0.5) is 0 Å². The molecule has 8 nitrogen and oxygen atoms in total. The molecule has 0 saturated carbocycles. The van der Waals surface area contributed by atoms with E-state index in [1.165, 1.54) is 0 Å². The zero-order valence-electron chi connectivity index (χ0n) is 9.29. The van der Waals surface area contributed by atoms with Gasteiger partial charge in [-0.3, -0.25) is 4.79 Å². The largest absolute Gasteiger partial charge is 0.480 e. The van der Waals surface area contributed by atoms with E-state index in [2.05, 4.69) is 0 Å². The third-order valence-corrected chi connectivity index (χ3v) is 2.91. The summed E-state index contributed by atoms with van der Waals surface area (Å²) in [5.74, 6) is -2.47. The number of carboxylic acids is 1. The summed E-state index contributed by atoms with van der Waals surface area (Å²) in [6, 6.07) is -2.56. The van der Waals surface area contributed by atoms with Gasteiger partial charge in [-0.25, -0.2) is 13.2 Å². The summed E-state index contributed by atoms with van der Waals surface area (Å²) in [6.45, 7) is -0.764. The van der Waals surface area contributed by atoms with Crippen molar-refractivity contribution in [1.82, 2.24) is 5.32 Å². The van der Waals surface area contributed by atoms with E-state index in [-0.39, 0.29) is 12.2 Å². The van der Waals surface area contributed by atoms with Crippen LogP contribution in [0.3, 0.4) is 0 Å². The van der Waals surface area contributed by atoms with E-state index in [1.54, 1.807) is 0 Å². The third kappa shape index (κ3) is 6.87. The molecule has 0 rings (SSSR count). The molecule has 0 radical (unpaired) electrons. The molecule has 1 unspecified atom stereocenters. The first-order valence-corrected chi connectivity index (χ1v) is 6.80. The molecular formula is C8H16N2O6S. The first-order valence-electron chi connectivity index (χ1n) is 4.74. The Balaban J connectivity index is 4.27. The van der Waals surface area contributed by atoms with Gasteiger partial charge >= 0.3 is 5.97 Å². The molecule has 0 aromatic carbocycles. The van der Waals surface area contributed by atoms with Crippen LogP contribution in [0, 0.1) is 0 Å². The molecule has 0 aliphatic rings. The molecule has 9 heteroatoms. The maximum atomic E-state index is 11.3. The second-order valence-electron chi connectivity index (χ2n) is 3.61. The molecule has 0 aromatic rings. The lowest BCUT2D eigenvalue weighted by molar-refractivity contribution is -0.143. The van der Waals surface area contributed by atoms with Gasteiger partial charge in [-0.15, -0.1) is 0 Å². The average molecular weight is 268 g/mol. The van der Waals surface area contributed by atoms with Crippen molar-refractivity contribution in [2.75, 3.05) is 18.6 Å². The highest BCUT2D eigenvalue weighted by atomic mass is 32.2. The van der Waals surface area contributed by atoms with E-state index >= 15 is 0 Å². The number of sulfone groups is 1. The van der Waals surface area contributed by atoms with E-state index < -0.39 is 40.4 Å². The van der Waals surface area contributed by atoms with Gasteiger partial charge in [0.05, 0.1) is 18.4 Å². The standard InChI is InChI=1S/C8H16N2O6S/c1-17(15,16)3-2-5(9)7(12)10-6(4-11)8(13)14/h5-6,11H,2-4,9H2,1H3,(H,10,12)(H,13,14)/t5?,6-/m1/s1. The number of carboxylic acid groups (broad SMARTS) is 1. The fourth-order valence-electron chi connectivity index (χ4n) is 0.936. The summed E-state index contributed by atoms with van der Waals surface area (Å²) in [5.41, 5.74) is 5.38. The van der Waals surface area contributed by atoms with Crippen LogP contribution in [0.15, 0.2) is 0 Å². The predicted octanol–water partition coefficient (Wildman–Crippen LogP) is -2.69. The van der Waals surface area contributed by atoms with Crippen molar-refractivity contribution >= 4 is 21.7 Å². The van der Waals surface area contributed by atoms with Gasteiger partial charge in [0.25, 0.3) is 0 Å². The molecule has 2 atom stereocenters. The molecule has 0 aromatic heterocycles. The Kier molecular flexibility index (Phi) is 6.07. The number of carbonyl (C=O) groups excluding carboxylic acids is 1. The first kappa shape index (κ1) is 15.8. The van der Waals surface area contributed by atoms with Gasteiger partial charge in [-0.1, -0.05) is 0 Å². The van der Waals surface area contributed by atoms with Crippen molar-refractivity contribution in [3.63, 3.8) is 0 Å². The van der Waals surface area contributed by atoms with E-state index in [4.69, 9.17) is 15.9 Å². The Morgan fingerprint density at radius 3 is 2.29 bits per heavy atom. The fraction of sp³-hybridized carbons (Fsp3) is 0.750. The molecule has 0 fully saturated rings. The number of amides is 1. The molecule has 0 heterocycles. The topological polar surface area (TPSA) is 147 Å². The van der Waals surface area contributed by atoms with Crippen LogP contribution in [-0.2, 0) is 19.4 Å². The van der Waals surface area contributed by atoms with Crippen LogP contribution < -0.4 is 11.1 Å². The minimum atomic E-state index is -3.23. The summed E-state index contributed by atoms with van der Waals surface area (Å²) in [6.07, 6.45) is 0.897. The zero-order valence-corrected chi connectivity index (χ0v) is 10.1. The second-order valence-corrected chi connectivity index (χ2v) is 5.87. The monoisotopic (exact) mass is 268 g/mol. The van der Waals surface area contributed by atoms with Gasteiger partial charge < -0.3 is 21.3 Å². The van der Waals surface area contributed by atoms with E-state index in [0.29, 0.717) is 0 Å². The average Bonchev–Trinajstić information content (AvgIpc) is 2.20. The van der Waals surface area contributed by atoms with Crippen LogP contribution in [0.1, 0.15) is 6.42 Å². The Labute approximate surface area is 98.7 Å². The molecule has 1 amide bonds. The van der Waals surface area contributed by atoms with Crippen LogP contribution >= 0.6 is 0 Å². The predicted molar refractivity (Wildman–Crippen MR) is 59.0 cm³/mol. The highest BCUT2D eigenvalue weighted by Crippen LogP contribution is 1.95. The van der Waals surface area contributed by atoms with E-state index in [1.807, 2.05) is 5.32 Å². The van der Waals surface area contributed by atoms with Crippen molar-refractivity contribution in [2.24, 2.45) is 5.73 Å². The molecule has 17 heavy (non-hydrogen) atoms. The number of carbonyl (C=O) groups is 2. The first-order chi connectivity index (χ1) is 7.67. The van der Waals surface area contributed by atoms with Crippen molar-refractivity contribution in [1.29, 1.82) is 0 Å². The summed E-state index contributed by atoms with van der Waals surface area (Å²) in [4.78, 5) is 21.8. The Bertz CT molecular complexity index is 379. The lowest BCUT2D eigenvalue weighted by atomic mass is 10.2. The minimum absolute atomic E-state index is 0.109. The molecular weight excluding hydrogens is 252 g/mol. The molecule has 0 bridgehead atoms. The molecule has 0 saturated heterocycles. The number of aliphatic carboxylic acids is 1. The molecule has 100 valence electrons. The highest BCUT2D eigenvalue weighted by Gasteiger charge is 2.23. The van der Waals surface area contributed by atoms with Gasteiger partial charge in [-0.05, 0) is 6.42 Å². The third-order valence-electron chi connectivity index (χ3n) is 1.93. The SMILES string of the molecule is CS(=O)(=O)CCC(N)C(=O)N[C@H](CO)C(=O)O. The molecule has 0 aliphatic heterocycles. The molecule has 0 aliphatic carbocycles. The van der Waals surface area contributed by atoms with Crippen LogP contribution in [-0.4, -0.2) is 61.2 Å². The fourth-order valence-corrected chi connectivity index (χ4v) is 1.62. The van der Waals surface area contributed by atoms with Crippen LogP contribution in [0.2, 0.25) is 0 Å². The number of hydrogen-bond acceptors (Lipinski definition) is 6. The summed E-state index contributed by atoms with van der Waals surface area (Å²) in [7, 11) is -3.23. The Hall–Kier alpha value is -1.19. The lowest BCUT2D eigenvalue weighted by Crippen LogP contribution is -2.50. The van der Waals surface area contributed by atoms with E-state index in [9.17, 15) is 18.0 Å². The summed E-state index contributed by atoms with van der Waals surface area (Å²) >= 11 is 0. The summed E-state index contributed by atoms with van der Waals surface area (Å²) < 4.78 is 21.6. The van der Waals surface area contributed by atoms with Crippen molar-refractivity contribution in [2.45, 2.75) is 18.5 Å². The molecule has 5 N–H and O–H groups in total. The Morgan fingerprint density at radius 1 is 1.41 bits per heavy atom. The van der Waals surface area contributed by atoms with Crippen LogP contribution in [0.25, 0.3) is 0 Å². The van der Waals surface area contributed by atoms with Gasteiger partial charge in [0.1, 0.15) is 15.9 Å². The number of aliphatic hydroxyl groups is 1. The number of aliphatic hydroxyl groups excluding tert-OH is 1. The maximum absolute atomic E-state index is 11.3. The Morgan fingerprint density at radius 2 is 1.94 bits per heavy atom. The van der Waals surface area contributed by atoms with Crippen molar-refractivity contribution in [3.05, 3.63) is 0 Å². The van der Waals surface area contributed by atoms with Crippen molar-refractivity contribution in [3.8, 4) is 0 Å². The smallest absolute Gasteiger partial charge is 0.328 e. The van der Waals surface area contributed by atoms with Crippen molar-refractivity contribution < 1.29 is 28.2 Å². The number of nitrogens with two attached hydrogens (primary N) is 1. The normalized spacial score (nSPS) is 15.0. The minimum Gasteiger partial charge on any atom is -0.480 e. The summed E-state index contributed by atoms with van der Waals surface area (Å²) in [5, 5.41) is 19.2. The maximum Gasteiger partial charge on any atom is 0.328 e. The van der Waals surface area contributed by atoms with Gasteiger partial charge in [0.15, 0.2) is 0 Å². The van der Waals surface area contributed by atoms with Crippen LogP contribution in [0.5, 0.6) is 0 Å². The lowest BCUT2D eigenvalue weighted by Gasteiger charge is -2.15.